The number of nitriles is 1. The quantitative estimate of drug-likeness (QED) is 0.679. The molecule has 1 aromatic rings. The average Bonchev–Trinajstić information content (AvgIpc) is 2.56. The second kappa shape index (κ2) is 5.87. The molecule has 0 amide bonds. The van der Waals surface area contributed by atoms with E-state index in [1.54, 1.807) is 0 Å². The Morgan fingerprint density at radius 2 is 1.94 bits per heavy atom. The molecule has 1 heteroatoms. The molecule has 17 heavy (non-hydrogen) atoms. The van der Waals surface area contributed by atoms with E-state index in [2.05, 4.69) is 37.3 Å². The fraction of sp³-hybridized carbons (Fsp3) is 0.562. The van der Waals surface area contributed by atoms with Gasteiger partial charge in [0, 0.05) is 6.42 Å². The summed E-state index contributed by atoms with van der Waals surface area (Å²) in [6.45, 7) is 2.20. The molecule has 2 unspecified atom stereocenters. The first kappa shape index (κ1) is 12.2. The second-order valence-corrected chi connectivity index (χ2v) is 5.22. The van der Waals surface area contributed by atoms with Gasteiger partial charge in [0.05, 0.1) is 6.07 Å². The molecule has 0 aliphatic heterocycles. The van der Waals surface area contributed by atoms with Crippen LogP contribution in [0.15, 0.2) is 24.3 Å². The summed E-state index contributed by atoms with van der Waals surface area (Å²) >= 11 is 0. The van der Waals surface area contributed by atoms with Crippen molar-refractivity contribution in [1.82, 2.24) is 0 Å². The molecule has 1 saturated carbocycles. The predicted octanol–water partition coefficient (Wildman–Crippen LogP) is 4.57. The Hall–Kier alpha value is -1.29. The van der Waals surface area contributed by atoms with Crippen LogP contribution in [-0.2, 0) is 0 Å². The number of rotatable bonds is 2. The molecule has 0 radical (unpaired) electrons. The number of benzene rings is 1. The van der Waals surface area contributed by atoms with Gasteiger partial charge in [0.2, 0.25) is 0 Å². The van der Waals surface area contributed by atoms with E-state index in [1.165, 1.54) is 43.2 Å². The van der Waals surface area contributed by atoms with Crippen molar-refractivity contribution in [2.75, 3.05) is 0 Å². The maximum atomic E-state index is 8.99. The van der Waals surface area contributed by atoms with Gasteiger partial charge in [0.1, 0.15) is 0 Å². The average molecular weight is 227 g/mol. The molecule has 0 aromatic heterocycles. The maximum absolute atomic E-state index is 8.99. The molecule has 90 valence electrons. The van der Waals surface area contributed by atoms with Crippen LogP contribution in [0.25, 0.3) is 0 Å². The lowest BCUT2D eigenvalue weighted by molar-refractivity contribution is 0.405. The van der Waals surface area contributed by atoms with Gasteiger partial charge in [-0.3, -0.25) is 0 Å². The summed E-state index contributed by atoms with van der Waals surface area (Å²) in [4.78, 5) is 0. The molecule has 1 aromatic carbocycles. The third-order valence-corrected chi connectivity index (χ3v) is 4.10. The zero-order valence-electron chi connectivity index (χ0n) is 10.7. The minimum Gasteiger partial charge on any atom is -0.198 e. The fourth-order valence-corrected chi connectivity index (χ4v) is 3.16. The molecule has 1 aliphatic rings. The standard InChI is InChI=1S/C16H21N/c1-13-7-5-6-9-15(13)16-10-4-2-3-8-14(16)11-12-17/h5-7,9,14,16H,2-4,8,10-11H2,1H3. The van der Waals surface area contributed by atoms with E-state index in [0.29, 0.717) is 11.8 Å². The van der Waals surface area contributed by atoms with E-state index in [4.69, 9.17) is 5.26 Å². The molecule has 0 N–H and O–H groups in total. The topological polar surface area (TPSA) is 23.8 Å². The lowest BCUT2D eigenvalue weighted by Gasteiger charge is -2.25. The first-order chi connectivity index (χ1) is 8.33. The van der Waals surface area contributed by atoms with E-state index in [-0.39, 0.29) is 0 Å². The zero-order valence-corrected chi connectivity index (χ0v) is 10.7. The number of hydrogen-bond acceptors (Lipinski definition) is 1. The Morgan fingerprint density at radius 3 is 2.71 bits per heavy atom. The van der Waals surface area contributed by atoms with Gasteiger partial charge < -0.3 is 0 Å². The lowest BCUT2D eigenvalue weighted by Crippen LogP contribution is -2.12. The van der Waals surface area contributed by atoms with Crippen LogP contribution in [0.2, 0.25) is 0 Å². The largest absolute Gasteiger partial charge is 0.198 e. The fourth-order valence-electron chi connectivity index (χ4n) is 3.16. The molecule has 1 fully saturated rings. The minimum atomic E-state index is 0.573. The monoisotopic (exact) mass is 227 g/mol. The van der Waals surface area contributed by atoms with Gasteiger partial charge in [-0.05, 0) is 42.7 Å². The van der Waals surface area contributed by atoms with Crippen molar-refractivity contribution in [2.24, 2.45) is 5.92 Å². The Balaban J connectivity index is 2.26. The van der Waals surface area contributed by atoms with Gasteiger partial charge in [-0.25, -0.2) is 0 Å². The highest BCUT2D eigenvalue weighted by Gasteiger charge is 2.25. The van der Waals surface area contributed by atoms with Gasteiger partial charge in [0.15, 0.2) is 0 Å². The predicted molar refractivity (Wildman–Crippen MR) is 70.7 cm³/mol. The molecule has 1 nitrogen and oxygen atoms in total. The molecule has 0 saturated heterocycles. The Labute approximate surface area is 104 Å². The Morgan fingerprint density at radius 1 is 1.18 bits per heavy atom. The van der Waals surface area contributed by atoms with Gasteiger partial charge >= 0.3 is 0 Å². The molecule has 0 heterocycles. The molecule has 2 atom stereocenters. The summed E-state index contributed by atoms with van der Waals surface area (Å²) < 4.78 is 0. The molecule has 2 rings (SSSR count). The normalized spacial score (nSPS) is 24.9. The van der Waals surface area contributed by atoms with E-state index in [9.17, 15) is 0 Å². The first-order valence-electron chi connectivity index (χ1n) is 6.75. The first-order valence-corrected chi connectivity index (χ1v) is 6.75. The smallest absolute Gasteiger partial charge is 0.0624 e. The van der Waals surface area contributed by atoms with Crippen LogP contribution in [0.5, 0.6) is 0 Å². The minimum absolute atomic E-state index is 0.573. The van der Waals surface area contributed by atoms with Crippen molar-refractivity contribution in [3.63, 3.8) is 0 Å². The summed E-state index contributed by atoms with van der Waals surface area (Å²) in [5.74, 6) is 1.18. The Bertz CT molecular complexity index is 402. The summed E-state index contributed by atoms with van der Waals surface area (Å²) in [6.07, 6.45) is 7.17. The van der Waals surface area contributed by atoms with Gasteiger partial charge in [-0.2, -0.15) is 5.26 Å². The van der Waals surface area contributed by atoms with E-state index in [1.807, 2.05) is 0 Å². The molecule has 1 aliphatic carbocycles. The molecular formula is C16H21N. The third kappa shape index (κ3) is 2.88. The molecular weight excluding hydrogens is 206 g/mol. The van der Waals surface area contributed by atoms with E-state index >= 15 is 0 Å². The number of nitrogens with zero attached hydrogens (tertiary/aromatic N) is 1. The highest BCUT2D eigenvalue weighted by atomic mass is 14.3. The lowest BCUT2D eigenvalue weighted by atomic mass is 9.79. The van der Waals surface area contributed by atoms with Crippen molar-refractivity contribution in [2.45, 2.75) is 51.4 Å². The summed E-state index contributed by atoms with van der Waals surface area (Å²) in [5, 5.41) is 8.99. The van der Waals surface area contributed by atoms with Crippen molar-refractivity contribution in [3.05, 3.63) is 35.4 Å². The number of hydrogen-bond donors (Lipinski definition) is 0. The summed E-state index contributed by atoms with van der Waals surface area (Å²) in [5.41, 5.74) is 2.87. The van der Waals surface area contributed by atoms with Gasteiger partial charge in [-0.15, -0.1) is 0 Å². The van der Waals surface area contributed by atoms with E-state index in [0.717, 1.165) is 6.42 Å². The van der Waals surface area contributed by atoms with Crippen LogP contribution >= 0.6 is 0 Å². The maximum Gasteiger partial charge on any atom is 0.0624 e. The van der Waals surface area contributed by atoms with Crippen LogP contribution in [0.1, 0.15) is 55.6 Å². The second-order valence-electron chi connectivity index (χ2n) is 5.22. The van der Waals surface area contributed by atoms with Crippen LogP contribution in [0.3, 0.4) is 0 Å². The van der Waals surface area contributed by atoms with Crippen LogP contribution in [-0.4, -0.2) is 0 Å². The van der Waals surface area contributed by atoms with Crippen molar-refractivity contribution >= 4 is 0 Å². The third-order valence-electron chi connectivity index (χ3n) is 4.10. The van der Waals surface area contributed by atoms with Crippen LogP contribution in [0.4, 0.5) is 0 Å². The number of aryl methyl sites for hydroxylation is 1. The summed E-state index contributed by atoms with van der Waals surface area (Å²) in [7, 11) is 0. The van der Waals surface area contributed by atoms with Crippen molar-refractivity contribution in [1.29, 1.82) is 5.26 Å². The van der Waals surface area contributed by atoms with Crippen molar-refractivity contribution in [3.8, 4) is 6.07 Å². The molecule has 0 spiro atoms. The van der Waals surface area contributed by atoms with Crippen molar-refractivity contribution < 1.29 is 0 Å². The highest BCUT2D eigenvalue weighted by molar-refractivity contribution is 5.30. The van der Waals surface area contributed by atoms with Gasteiger partial charge in [-0.1, -0.05) is 43.5 Å². The van der Waals surface area contributed by atoms with Crippen LogP contribution < -0.4 is 0 Å². The SMILES string of the molecule is Cc1ccccc1C1CCCCCC1CC#N. The zero-order chi connectivity index (χ0) is 12.1. The Kier molecular flexibility index (Phi) is 4.20. The van der Waals surface area contributed by atoms with Crippen LogP contribution in [0, 0.1) is 24.2 Å². The summed E-state index contributed by atoms with van der Waals surface area (Å²) in [6, 6.07) is 11.1. The van der Waals surface area contributed by atoms with Gasteiger partial charge in [0.25, 0.3) is 0 Å². The van der Waals surface area contributed by atoms with E-state index < -0.39 is 0 Å². The molecule has 0 bridgehead atoms. The highest BCUT2D eigenvalue weighted by Crippen LogP contribution is 2.39.